The zero-order valence-electron chi connectivity index (χ0n) is 30.0. The minimum Gasteiger partial charge on any atom is -0.509 e. The maximum absolute atomic E-state index is 6.50. The Bertz CT molecular complexity index is 2300. The quantitative estimate of drug-likeness (QED) is 0.0844. The molecule has 3 aromatic heterocycles. The predicted molar refractivity (Wildman–Crippen MR) is 198 cm³/mol. The van der Waals surface area contributed by atoms with Crippen molar-refractivity contribution in [2.24, 2.45) is 0 Å². The van der Waals surface area contributed by atoms with E-state index in [0.29, 0.717) is 34.5 Å². The molecular formula is C42H40N4O5Pt. The van der Waals surface area contributed by atoms with E-state index in [1.165, 1.54) is 0 Å². The van der Waals surface area contributed by atoms with Gasteiger partial charge in [-0.25, -0.2) is 9.67 Å². The van der Waals surface area contributed by atoms with Crippen molar-refractivity contribution in [3.8, 4) is 45.9 Å². The summed E-state index contributed by atoms with van der Waals surface area (Å²) in [5.74, 6) is 2.64. The van der Waals surface area contributed by atoms with Crippen LogP contribution in [0.2, 0.25) is 0 Å². The predicted octanol–water partition coefficient (Wildman–Crippen LogP) is 9.56. The fourth-order valence-electron chi connectivity index (χ4n) is 5.85. The van der Waals surface area contributed by atoms with Crippen LogP contribution in [0.25, 0.3) is 44.4 Å². The van der Waals surface area contributed by atoms with Crippen LogP contribution in [0.15, 0.2) is 97.2 Å². The molecule has 7 aromatic rings. The van der Waals surface area contributed by atoms with Crippen LogP contribution in [0.1, 0.15) is 38.8 Å². The fraction of sp³-hybridized carbons (Fsp3) is 0.238. The topological polar surface area (TPSA) is 81.8 Å². The molecule has 0 radical (unpaired) electrons. The number of pyridine rings is 1. The number of hydrogen-bond donors (Lipinski definition) is 0. The Balaban J connectivity index is 0.00000464. The third-order valence-electron chi connectivity index (χ3n) is 8.18. The maximum Gasteiger partial charge on any atom is 2.00 e. The van der Waals surface area contributed by atoms with Crippen LogP contribution in [0.3, 0.4) is 0 Å². The molecule has 4 aromatic carbocycles. The van der Waals surface area contributed by atoms with Crippen LogP contribution in [0.4, 0.5) is 0 Å². The summed E-state index contributed by atoms with van der Waals surface area (Å²) in [4.78, 5) is 4.70. The third-order valence-corrected chi connectivity index (χ3v) is 8.18. The molecule has 3 heterocycles. The average Bonchev–Trinajstić information content (AvgIpc) is 3.63. The van der Waals surface area contributed by atoms with Crippen LogP contribution in [-0.4, -0.2) is 45.1 Å². The molecule has 52 heavy (non-hydrogen) atoms. The van der Waals surface area contributed by atoms with Crippen molar-refractivity contribution in [3.05, 3.63) is 120 Å². The molecule has 9 nitrogen and oxygen atoms in total. The number of benzene rings is 4. The molecule has 7 rings (SSSR count). The van der Waals surface area contributed by atoms with E-state index in [9.17, 15) is 0 Å². The van der Waals surface area contributed by atoms with E-state index in [-0.39, 0.29) is 46.9 Å². The molecule has 0 N–H and O–H groups in total. The van der Waals surface area contributed by atoms with Gasteiger partial charge < -0.3 is 28.3 Å². The molecule has 0 amide bonds. The Morgan fingerprint density at radius 1 is 0.712 bits per heavy atom. The smallest absolute Gasteiger partial charge is 0.509 e. The van der Waals surface area contributed by atoms with Gasteiger partial charge in [-0.15, -0.1) is 40.8 Å². The zero-order valence-corrected chi connectivity index (χ0v) is 32.2. The van der Waals surface area contributed by atoms with Gasteiger partial charge in [-0.3, -0.25) is 0 Å². The maximum atomic E-state index is 6.50. The minimum absolute atomic E-state index is 0. The van der Waals surface area contributed by atoms with Crippen LogP contribution in [-0.2, 0) is 30.5 Å². The van der Waals surface area contributed by atoms with Gasteiger partial charge in [0.15, 0.2) is 13.6 Å². The van der Waals surface area contributed by atoms with Crippen molar-refractivity contribution in [1.29, 1.82) is 0 Å². The van der Waals surface area contributed by atoms with E-state index < -0.39 is 0 Å². The van der Waals surface area contributed by atoms with Gasteiger partial charge in [0.2, 0.25) is 11.8 Å². The molecule has 0 fully saturated rings. The number of para-hydroxylation sites is 1. The van der Waals surface area contributed by atoms with Gasteiger partial charge in [-0.05, 0) is 75.0 Å². The van der Waals surface area contributed by atoms with Crippen LogP contribution >= 0.6 is 0 Å². The molecule has 0 atom stereocenters. The minimum atomic E-state index is -0.0313. The Morgan fingerprint density at radius 3 is 2.19 bits per heavy atom. The van der Waals surface area contributed by atoms with Crippen molar-refractivity contribution in [3.63, 3.8) is 0 Å². The first kappa shape index (κ1) is 36.8. The summed E-state index contributed by atoms with van der Waals surface area (Å²) in [6, 6.07) is 37.0. The number of rotatable bonds is 13. The molecule has 268 valence electrons. The second-order valence-corrected chi connectivity index (χ2v) is 12.9. The van der Waals surface area contributed by atoms with Gasteiger partial charge in [0.25, 0.3) is 0 Å². The molecule has 0 saturated carbocycles. The Labute approximate surface area is 318 Å². The summed E-state index contributed by atoms with van der Waals surface area (Å²) in [5, 5.41) is 7.05. The second kappa shape index (κ2) is 16.2. The summed E-state index contributed by atoms with van der Waals surface area (Å²) in [6.07, 6.45) is 1.78. The molecule has 0 saturated heterocycles. The first-order chi connectivity index (χ1) is 24.7. The van der Waals surface area contributed by atoms with Gasteiger partial charge in [0, 0.05) is 23.2 Å². The van der Waals surface area contributed by atoms with Gasteiger partial charge >= 0.3 is 21.1 Å². The van der Waals surface area contributed by atoms with Crippen LogP contribution < -0.4 is 14.2 Å². The van der Waals surface area contributed by atoms with Crippen molar-refractivity contribution >= 4 is 21.8 Å². The number of ether oxygens (including phenoxy) is 5. The molecule has 0 spiro atoms. The van der Waals surface area contributed by atoms with Gasteiger partial charge in [0.05, 0.1) is 12.2 Å². The molecule has 0 aliphatic rings. The van der Waals surface area contributed by atoms with Crippen molar-refractivity contribution < 1.29 is 44.7 Å². The molecule has 0 bridgehead atoms. The summed E-state index contributed by atoms with van der Waals surface area (Å²) in [5.41, 5.74) is 6.10. The number of hydrogen-bond acceptors (Lipinski definition) is 7. The monoisotopic (exact) mass is 875 g/mol. The van der Waals surface area contributed by atoms with Crippen LogP contribution in [0.5, 0.6) is 23.3 Å². The van der Waals surface area contributed by atoms with E-state index in [2.05, 4.69) is 47.9 Å². The zero-order chi connectivity index (χ0) is 35.5. The van der Waals surface area contributed by atoms with E-state index in [1.54, 1.807) is 4.68 Å². The van der Waals surface area contributed by atoms with Crippen molar-refractivity contribution in [2.75, 3.05) is 13.6 Å². The summed E-state index contributed by atoms with van der Waals surface area (Å²) in [6.45, 7) is 11.9. The number of nitrogens with zero attached hydrogens (tertiary/aromatic N) is 4. The Kier molecular flexibility index (Phi) is 11.4. The summed E-state index contributed by atoms with van der Waals surface area (Å²) in [7, 11) is 0. The second-order valence-electron chi connectivity index (χ2n) is 12.9. The van der Waals surface area contributed by atoms with Gasteiger partial charge in [-0.1, -0.05) is 61.0 Å². The first-order valence-corrected chi connectivity index (χ1v) is 17.0. The van der Waals surface area contributed by atoms with Gasteiger partial charge in [-0.2, -0.15) is 11.6 Å². The standard InChI is InChI=1S/C42H40N4O5.Pt/c1-27(2)47-25-49-41-40(31-12-8-7-9-13-31)42(50-26-48-28(3)4)46(44-41)32-20-30(6)21-34(23-32)51-33-16-17-36-35-14-10-11-15-37(35)45(38(36)24-33)39-22-29(5)18-19-43-39;/h7-22,27-28H,25-26H2,1-6H3;/q-2;+2. The summed E-state index contributed by atoms with van der Waals surface area (Å²) >= 11 is 0. The Morgan fingerprint density at radius 2 is 1.44 bits per heavy atom. The largest absolute Gasteiger partial charge is 2.00 e. The number of fused-ring (bicyclic) bond motifs is 3. The number of aromatic nitrogens is 4. The first-order valence-electron chi connectivity index (χ1n) is 17.0. The molecule has 0 unspecified atom stereocenters. The van der Waals surface area contributed by atoms with E-state index >= 15 is 0 Å². The van der Waals surface area contributed by atoms with E-state index in [0.717, 1.165) is 44.3 Å². The molecule has 0 aliphatic heterocycles. The average molecular weight is 876 g/mol. The SMILES string of the molecule is Cc1cc(Oc2[c-]c3c(cc2)c2ccccc2n3-c2cc(C)ccn2)[c-]c(-n2nc(OCOC(C)C)c(-c3ccccc3)c2OCOC(C)C)c1.[Pt+2]. The van der Waals surface area contributed by atoms with E-state index in [1.807, 2.05) is 108 Å². The van der Waals surface area contributed by atoms with Crippen LogP contribution in [0, 0.1) is 26.0 Å². The third kappa shape index (κ3) is 7.92. The Hall–Kier alpha value is -4.95. The summed E-state index contributed by atoms with van der Waals surface area (Å²) < 4.78 is 34.3. The normalized spacial score (nSPS) is 11.4. The fourth-order valence-corrected chi connectivity index (χ4v) is 5.85. The van der Waals surface area contributed by atoms with Gasteiger partial charge in [0.1, 0.15) is 11.4 Å². The van der Waals surface area contributed by atoms with Crippen molar-refractivity contribution in [1.82, 2.24) is 19.3 Å². The molecule has 0 aliphatic carbocycles. The molecular weight excluding hydrogens is 836 g/mol. The van der Waals surface area contributed by atoms with Crippen molar-refractivity contribution in [2.45, 2.75) is 53.8 Å². The number of aryl methyl sites for hydroxylation is 2. The molecule has 10 heteroatoms. The van der Waals surface area contributed by atoms with E-state index in [4.69, 9.17) is 33.8 Å².